The quantitative estimate of drug-likeness (QED) is 0.440. The Hall–Kier alpha value is -1.25. The van der Waals surface area contributed by atoms with Crippen molar-refractivity contribution in [2.45, 2.75) is 64.8 Å². The zero-order valence-electron chi connectivity index (χ0n) is 12.4. The first-order chi connectivity index (χ1) is 9.38. The maximum atomic E-state index is 4.31. The van der Waals surface area contributed by atoms with Crippen LogP contribution >= 0.6 is 0 Å². The van der Waals surface area contributed by atoms with Gasteiger partial charge in [0.2, 0.25) is 5.95 Å². The third kappa shape index (κ3) is 7.04. The Morgan fingerprint density at radius 2 is 1.84 bits per heavy atom. The summed E-state index contributed by atoms with van der Waals surface area (Å²) in [6.07, 6.45) is 16.6. The molecule has 1 aromatic heterocycles. The van der Waals surface area contributed by atoms with Crippen LogP contribution in [0.3, 0.4) is 0 Å². The lowest BCUT2D eigenvalue weighted by Crippen LogP contribution is -2.07. The summed E-state index contributed by atoms with van der Waals surface area (Å²) >= 11 is 0. The SMILES string of the molecule is C=CCNc1nccn1CCCCCCCCCC. The molecule has 0 unspecified atom stereocenters. The minimum atomic E-state index is 0.772. The third-order valence-electron chi connectivity index (χ3n) is 3.37. The molecular formula is C16H29N3. The minimum Gasteiger partial charge on any atom is -0.352 e. The van der Waals surface area contributed by atoms with Crippen LogP contribution in [-0.2, 0) is 6.54 Å². The Morgan fingerprint density at radius 1 is 1.16 bits per heavy atom. The first-order valence-corrected chi connectivity index (χ1v) is 7.74. The predicted octanol–water partition coefficient (Wildman–Crippen LogP) is 4.62. The fraction of sp³-hybridized carbons (Fsp3) is 0.688. The van der Waals surface area contributed by atoms with Gasteiger partial charge in [0.15, 0.2) is 0 Å². The Balaban J connectivity index is 2.05. The number of unbranched alkanes of at least 4 members (excludes halogenated alkanes) is 7. The number of anilines is 1. The van der Waals surface area contributed by atoms with Crippen molar-refractivity contribution < 1.29 is 0 Å². The lowest BCUT2D eigenvalue weighted by molar-refractivity contribution is 0.545. The van der Waals surface area contributed by atoms with Crippen molar-refractivity contribution in [2.24, 2.45) is 0 Å². The molecule has 0 radical (unpaired) electrons. The van der Waals surface area contributed by atoms with Crippen LogP contribution in [0.15, 0.2) is 25.0 Å². The molecule has 0 aliphatic carbocycles. The summed E-state index contributed by atoms with van der Waals surface area (Å²) in [4.78, 5) is 4.31. The number of aromatic nitrogens is 2. The summed E-state index contributed by atoms with van der Waals surface area (Å²) in [5.74, 6) is 0.961. The average molecular weight is 263 g/mol. The Morgan fingerprint density at radius 3 is 2.53 bits per heavy atom. The van der Waals surface area contributed by atoms with E-state index in [0.717, 1.165) is 19.0 Å². The van der Waals surface area contributed by atoms with Crippen LogP contribution < -0.4 is 5.32 Å². The summed E-state index contributed by atoms with van der Waals surface area (Å²) < 4.78 is 2.20. The van der Waals surface area contributed by atoms with Crippen LogP contribution in [0, 0.1) is 0 Å². The van der Waals surface area contributed by atoms with E-state index in [1.54, 1.807) is 0 Å². The van der Waals surface area contributed by atoms with E-state index >= 15 is 0 Å². The molecule has 0 aliphatic heterocycles. The molecule has 3 nitrogen and oxygen atoms in total. The molecule has 0 amide bonds. The van der Waals surface area contributed by atoms with E-state index in [9.17, 15) is 0 Å². The molecule has 0 atom stereocenters. The van der Waals surface area contributed by atoms with Gasteiger partial charge >= 0.3 is 0 Å². The molecule has 0 aliphatic rings. The van der Waals surface area contributed by atoms with Gasteiger partial charge in [0.25, 0.3) is 0 Å². The fourth-order valence-electron chi connectivity index (χ4n) is 2.24. The monoisotopic (exact) mass is 263 g/mol. The highest BCUT2D eigenvalue weighted by molar-refractivity contribution is 5.26. The summed E-state index contributed by atoms with van der Waals surface area (Å²) in [5, 5.41) is 3.25. The Labute approximate surface area is 118 Å². The van der Waals surface area contributed by atoms with Gasteiger partial charge in [-0.15, -0.1) is 6.58 Å². The second kappa shape index (κ2) is 10.7. The van der Waals surface area contributed by atoms with Gasteiger partial charge in [0, 0.05) is 25.5 Å². The van der Waals surface area contributed by atoms with E-state index in [1.807, 2.05) is 18.5 Å². The van der Waals surface area contributed by atoms with E-state index in [2.05, 4.69) is 28.4 Å². The molecule has 1 aromatic rings. The second-order valence-electron chi connectivity index (χ2n) is 5.09. The predicted molar refractivity (Wildman–Crippen MR) is 83.5 cm³/mol. The maximum Gasteiger partial charge on any atom is 0.203 e. The van der Waals surface area contributed by atoms with Crippen LogP contribution in [0.2, 0.25) is 0 Å². The highest BCUT2D eigenvalue weighted by atomic mass is 15.2. The van der Waals surface area contributed by atoms with Gasteiger partial charge in [-0.05, 0) is 6.42 Å². The van der Waals surface area contributed by atoms with E-state index in [1.165, 1.54) is 51.4 Å². The number of nitrogens with zero attached hydrogens (tertiary/aromatic N) is 2. The van der Waals surface area contributed by atoms with Crippen LogP contribution in [0.4, 0.5) is 5.95 Å². The standard InChI is InChI=1S/C16H29N3/c1-3-5-6-7-8-9-10-11-14-19-15-13-18-16(19)17-12-4-2/h4,13,15H,2-3,5-12,14H2,1H3,(H,17,18). The lowest BCUT2D eigenvalue weighted by Gasteiger charge is -2.08. The largest absolute Gasteiger partial charge is 0.352 e. The van der Waals surface area contributed by atoms with Crippen molar-refractivity contribution in [3.8, 4) is 0 Å². The molecule has 0 bridgehead atoms. The number of hydrogen-bond donors (Lipinski definition) is 1. The fourth-order valence-corrected chi connectivity index (χ4v) is 2.24. The molecule has 1 N–H and O–H groups in total. The minimum absolute atomic E-state index is 0.772. The first-order valence-electron chi connectivity index (χ1n) is 7.74. The number of hydrogen-bond acceptors (Lipinski definition) is 2. The van der Waals surface area contributed by atoms with Crippen molar-refractivity contribution in [3.05, 3.63) is 25.0 Å². The average Bonchev–Trinajstić information content (AvgIpc) is 2.87. The molecule has 3 heteroatoms. The molecule has 19 heavy (non-hydrogen) atoms. The van der Waals surface area contributed by atoms with E-state index in [-0.39, 0.29) is 0 Å². The smallest absolute Gasteiger partial charge is 0.203 e. The van der Waals surface area contributed by atoms with Crippen molar-refractivity contribution >= 4 is 5.95 Å². The number of aryl methyl sites for hydroxylation is 1. The molecule has 0 aromatic carbocycles. The number of imidazole rings is 1. The van der Waals surface area contributed by atoms with Crippen LogP contribution in [0.1, 0.15) is 58.3 Å². The van der Waals surface area contributed by atoms with Gasteiger partial charge in [0.05, 0.1) is 0 Å². The molecule has 1 heterocycles. The van der Waals surface area contributed by atoms with E-state index < -0.39 is 0 Å². The van der Waals surface area contributed by atoms with Gasteiger partial charge < -0.3 is 9.88 Å². The highest BCUT2D eigenvalue weighted by Crippen LogP contribution is 2.11. The molecule has 0 saturated heterocycles. The van der Waals surface area contributed by atoms with Crippen LogP contribution in [-0.4, -0.2) is 16.1 Å². The summed E-state index contributed by atoms with van der Waals surface area (Å²) in [5.41, 5.74) is 0. The Kier molecular flexibility index (Phi) is 8.86. The number of rotatable bonds is 12. The highest BCUT2D eigenvalue weighted by Gasteiger charge is 2.00. The second-order valence-corrected chi connectivity index (χ2v) is 5.09. The maximum absolute atomic E-state index is 4.31. The summed E-state index contributed by atoms with van der Waals surface area (Å²) in [6, 6.07) is 0. The molecule has 0 fully saturated rings. The van der Waals surface area contributed by atoms with Crippen LogP contribution in [0.25, 0.3) is 0 Å². The van der Waals surface area contributed by atoms with Gasteiger partial charge in [-0.1, -0.05) is 57.9 Å². The summed E-state index contributed by atoms with van der Waals surface area (Å²) in [6.45, 7) is 7.81. The third-order valence-corrected chi connectivity index (χ3v) is 3.37. The van der Waals surface area contributed by atoms with Crippen molar-refractivity contribution in [2.75, 3.05) is 11.9 Å². The molecule has 0 saturated carbocycles. The van der Waals surface area contributed by atoms with E-state index in [0.29, 0.717) is 0 Å². The van der Waals surface area contributed by atoms with Gasteiger partial charge in [0.1, 0.15) is 0 Å². The molecule has 108 valence electrons. The molecule has 0 spiro atoms. The van der Waals surface area contributed by atoms with E-state index in [4.69, 9.17) is 0 Å². The van der Waals surface area contributed by atoms with Gasteiger partial charge in [-0.25, -0.2) is 4.98 Å². The van der Waals surface area contributed by atoms with Crippen molar-refractivity contribution in [1.29, 1.82) is 0 Å². The Bertz CT molecular complexity index is 330. The zero-order chi connectivity index (χ0) is 13.8. The van der Waals surface area contributed by atoms with Crippen LogP contribution in [0.5, 0.6) is 0 Å². The first kappa shape index (κ1) is 15.8. The summed E-state index contributed by atoms with van der Waals surface area (Å²) in [7, 11) is 0. The van der Waals surface area contributed by atoms with Crippen molar-refractivity contribution in [3.63, 3.8) is 0 Å². The number of nitrogens with one attached hydrogen (secondary N) is 1. The topological polar surface area (TPSA) is 29.9 Å². The van der Waals surface area contributed by atoms with Gasteiger partial charge in [-0.3, -0.25) is 0 Å². The van der Waals surface area contributed by atoms with Crippen molar-refractivity contribution in [1.82, 2.24) is 9.55 Å². The molecular weight excluding hydrogens is 234 g/mol. The zero-order valence-corrected chi connectivity index (χ0v) is 12.4. The van der Waals surface area contributed by atoms with Gasteiger partial charge in [-0.2, -0.15) is 0 Å². The lowest BCUT2D eigenvalue weighted by atomic mass is 10.1. The normalized spacial score (nSPS) is 10.6. The molecule has 1 rings (SSSR count).